The molecule has 0 saturated carbocycles. The maximum absolute atomic E-state index is 13.5. The van der Waals surface area contributed by atoms with Gasteiger partial charge in [-0.25, -0.2) is 0 Å². The van der Waals surface area contributed by atoms with Gasteiger partial charge in [0.15, 0.2) is 0 Å². The molecule has 0 radical (unpaired) electrons. The van der Waals surface area contributed by atoms with Gasteiger partial charge in [0.25, 0.3) is 0 Å². The number of amides is 3. The number of fused-ring (bicyclic) bond motifs is 1. The molecule has 29 heavy (non-hydrogen) atoms. The lowest BCUT2D eigenvalue weighted by Gasteiger charge is -2.32. The zero-order valence-electron chi connectivity index (χ0n) is 17.6. The monoisotopic (exact) mass is 402 g/mol. The van der Waals surface area contributed by atoms with Crippen molar-refractivity contribution < 1.29 is 18.9 Å². The topological polar surface area (TPSA) is 87.0 Å². The number of rotatable bonds is 4. The van der Waals surface area contributed by atoms with Gasteiger partial charge in [-0.15, -0.1) is 0 Å². The van der Waals surface area contributed by atoms with Crippen molar-refractivity contribution in [3.63, 3.8) is 0 Å². The van der Waals surface area contributed by atoms with Crippen molar-refractivity contribution in [1.29, 1.82) is 0 Å². The number of hydrogen-bond acceptors (Lipinski definition) is 5. The predicted molar refractivity (Wildman–Crippen MR) is 105 cm³/mol. The summed E-state index contributed by atoms with van der Waals surface area (Å²) in [6.45, 7) is 8.82. The number of carbonyl (C=O) groups is 3. The van der Waals surface area contributed by atoms with Crippen LogP contribution in [0.1, 0.15) is 43.2 Å². The van der Waals surface area contributed by atoms with Gasteiger partial charge < -0.3 is 19.2 Å². The molecule has 1 aromatic rings. The van der Waals surface area contributed by atoms with Crippen molar-refractivity contribution in [2.45, 2.75) is 46.5 Å². The van der Waals surface area contributed by atoms with E-state index in [1.807, 2.05) is 23.6 Å². The lowest BCUT2D eigenvalue weighted by atomic mass is 9.79. The third kappa shape index (κ3) is 3.42. The molecule has 158 valence electrons. The Morgan fingerprint density at radius 2 is 1.72 bits per heavy atom. The smallest absolute Gasteiger partial charge is 0.232 e. The van der Waals surface area contributed by atoms with Crippen LogP contribution in [0.4, 0.5) is 0 Å². The molecule has 8 nitrogen and oxygen atoms in total. The van der Waals surface area contributed by atoms with Gasteiger partial charge >= 0.3 is 0 Å². The number of aromatic nitrogens is 1. The Hall–Kier alpha value is -2.38. The van der Waals surface area contributed by atoms with Crippen LogP contribution < -0.4 is 0 Å². The van der Waals surface area contributed by atoms with Gasteiger partial charge in [0, 0.05) is 64.1 Å². The zero-order chi connectivity index (χ0) is 20.8. The number of hydrogen-bond donors (Lipinski definition) is 0. The molecular weight excluding hydrogens is 372 g/mol. The molecule has 4 heterocycles. The molecule has 3 amide bonds. The van der Waals surface area contributed by atoms with Crippen LogP contribution in [0.2, 0.25) is 0 Å². The average Bonchev–Trinajstić information content (AvgIpc) is 3.43. The van der Waals surface area contributed by atoms with Crippen LogP contribution in [0.3, 0.4) is 0 Å². The first kappa shape index (κ1) is 19.9. The predicted octanol–water partition coefficient (Wildman–Crippen LogP) is 1.15. The Kier molecular flexibility index (Phi) is 5.12. The van der Waals surface area contributed by atoms with Gasteiger partial charge in [-0.1, -0.05) is 5.16 Å². The number of likely N-dealkylation sites (tertiary alicyclic amines) is 3. The molecule has 0 aromatic carbocycles. The van der Waals surface area contributed by atoms with Crippen LogP contribution in [0.5, 0.6) is 0 Å². The van der Waals surface area contributed by atoms with Gasteiger partial charge in [-0.3, -0.25) is 14.4 Å². The molecule has 2 atom stereocenters. The fourth-order valence-corrected chi connectivity index (χ4v) is 5.28. The minimum Gasteiger partial charge on any atom is -0.361 e. The van der Waals surface area contributed by atoms with E-state index < -0.39 is 5.41 Å². The van der Waals surface area contributed by atoms with E-state index in [1.54, 1.807) is 11.8 Å². The molecule has 4 rings (SSSR count). The molecule has 3 saturated heterocycles. The fraction of sp³-hybridized carbons (Fsp3) is 0.714. The zero-order valence-corrected chi connectivity index (χ0v) is 17.6. The van der Waals surface area contributed by atoms with Crippen LogP contribution in [0, 0.1) is 25.2 Å². The standard InChI is InChI=1S/C21H30N4O4/c1-14-18(15(2)29-22-14)6-7-19(27)25-11-17-10-24(16(3)26)12-21(17,13-25)20(28)23-8-4-5-9-23/h17H,4-13H2,1-3H3/t17-,21-/m0/s1. The summed E-state index contributed by atoms with van der Waals surface area (Å²) < 4.78 is 5.19. The maximum Gasteiger partial charge on any atom is 0.232 e. The highest BCUT2D eigenvalue weighted by Crippen LogP contribution is 2.44. The second kappa shape index (κ2) is 7.46. The number of carbonyl (C=O) groups excluding carboxylic acids is 3. The molecule has 0 aliphatic carbocycles. The van der Waals surface area contributed by atoms with Crippen LogP contribution in [0.15, 0.2) is 4.52 Å². The number of nitrogens with zero attached hydrogens (tertiary/aromatic N) is 4. The second-order valence-electron chi connectivity index (χ2n) is 8.83. The summed E-state index contributed by atoms with van der Waals surface area (Å²) in [5.74, 6) is 0.963. The van der Waals surface area contributed by atoms with Gasteiger partial charge in [0.2, 0.25) is 17.7 Å². The molecule has 3 fully saturated rings. The highest BCUT2D eigenvalue weighted by Gasteiger charge is 2.59. The molecule has 0 bridgehead atoms. The fourth-order valence-electron chi connectivity index (χ4n) is 5.28. The maximum atomic E-state index is 13.5. The van der Waals surface area contributed by atoms with Gasteiger partial charge in [0.1, 0.15) is 5.76 Å². The van der Waals surface area contributed by atoms with E-state index in [4.69, 9.17) is 4.52 Å². The quantitative estimate of drug-likeness (QED) is 0.754. The molecular formula is C21H30N4O4. The Morgan fingerprint density at radius 3 is 2.34 bits per heavy atom. The summed E-state index contributed by atoms with van der Waals surface area (Å²) in [5, 5.41) is 3.95. The van der Waals surface area contributed by atoms with Crippen molar-refractivity contribution in [2.24, 2.45) is 11.3 Å². The number of aryl methyl sites for hydroxylation is 2. The lowest BCUT2D eigenvalue weighted by Crippen LogP contribution is -2.49. The molecule has 3 aliphatic rings. The third-order valence-corrected chi connectivity index (χ3v) is 7.00. The van der Waals surface area contributed by atoms with Crippen LogP contribution >= 0.6 is 0 Å². The van der Waals surface area contributed by atoms with Gasteiger partial charge in [-0.2, -0.15) is 0 Å². The molecule has 0 N–H and O–H groups in total. The molecule has 1 aromatic heterocycles. The minimum absolute atomic E-state index is 0.00396. The summed E-state index contributed by atoms with van der Waals surface area (Å²) in [5.41, 5.74) is 1.17. The highest BCUT2D eigenvalue weighted by molar-refractivity contribution is 5.88. The first-order valence-corrected chi connectivity index (χ1v) is 10.6. The molecule has 0 unspecified atom stereocenters. The van der Waals surface area contributed by atoms with E-state index in [2.05, 4.69) is 5.16 Å². The summed E-state index contributed by atoms with van der Waals surface area (Å²) in [4.78, 5) is 44.0. The SMILES string of the molecule is CC(=O)N1C[C@H]2CN(C(=O)CCc3c(C)noc3C)C[C@@]2(C(=O)N2CCCC2)C1. The Morgan fingerprint density at radius 1 is 1.07 bits per heavy atom. The molecule has 0 spiro atoms. The van der Waals surface area contributed by atoms with E-state index in [9.17, 15) is 14.4 Å². The van der Waals surface area contributed by atoms with Crippen molar-refractivity contribution in [2.75, 3.05) is 39.3 Å². The minimum atomic E-state index is -0.644. The Balaban J connectivity index is 1.48. The Bertz CT molecular complexity index is 809. The summed E-state index contributed by atoms with van der Waals surface area (Å²) in [6.07, 6.45) is 3.03. The van der Waals surface area contributed by atoms with E-state index in [0.717, 1.165) is 42.9 Å². The molecule has 8 heteroatoms. The second-order valence-corrected chi connectivity index (χ2v) is 8.83. The van der Waals surface area contributed by atoms with Gasteiger partial charge in [-0.05, 0) is 33.1 Å². The van der Waals surface area contributed by atoms with E-state index in [1.165, 1.54) is 0 Å². The van der Waals surface area contributed by atoms with Crippen LogP contribution in [0.25, 0.3) is 0 Å². The van der Waals surface area contributed by atoms with E-state index in [0.29, 0.717) is 39.0 Å². The molecule has 3 aliphatic heterocycles. The van der Waals surface area contributed by atoms with Crippen molar-refractivity contribution in [3.8, 4) is 0 Å². The Labute approximate surface area is 171 Å². The first-order valence-electron chi connectivity index (χ1n) is 10.6. The average molecular weight is 402 g/mol. The first-order chi connectivity index (χ1) is 13.8. The van der Waals surface area contributed by atoms with Crippen molar-refractivity contribution in [1.82, 2.24) is 19.9 Å². The largest absolute Gasteiger partial charge is 0.361 e. The lowest BCUT2D eigenvalue weighted by molar-refractivity contribution is -0.142. The van der Waals surface area contributed by atoms with E-state index in [-0.39, 0.29) is 23.6 Å². The van der Waals surface area contributed by atoms with Crippen LogP contribution in [-0.4, -0.2) is 76.8 Å². The summed E-state index contributed by atoms with van der Waals surface area (Å²) >= 11 is 0. The third-order valence-electron chi connectivity index (χ3n) is 7.00. The highest BCUT2D eigenvalue weighted by atomic mass is 16.5. The summed E-state index contributed by atoms with van der Waals surface area (Å²) in [7, 11) is 0. The summed E-state index contributed by atoms with van der Waals surface area (Å²) in [6, 6.07) is 0. The normalized spacial score (nSPS) is 26.3. The van der Waals surface area contributed by atoms with Crippen molar-refractivity contribution >= 4 is 17.7 Å². The van der Waals surface area contributed by atoms with E-state index >= 15 is 0 Å². The van der Waals surface area contributed by atoms with Crippen LogP contribution in [-0.2, 0) is 20.8 Å². The van der Waals surface area contributed by atoms with Gasteiger partial charge in [0.05, 0.1) is 11.1 Å². The van der Waals surface area contributed by atoms with Crippen molar-refractivity contribution in [3.05, 3.63) is 17.0 Å².